The molecule has 0 aromatic heterocycles. The molecule has 0 heterocycles. The molecular weight excluding hydrogens is 1280 g/mol. The summed E-state index contributed by atoms with van der Waals surface area (Å²) in [5.74, 6) is 4.78. The number of methoxy groups -OCH3 is 3. The van der Waals surface area contributed by atoms with Crippen molar-refractivity contribution >= 4 is 17.9 Å². The molecule has 1 unspecified atom stereocenters. The van der Waals surface area contributed by atoms with Crippen LogP contribution >= 0.6 is 0 Å². The number of para-hydroxylation sites is 3. The van der Waals surface area contributed by atoms with Crippen LogP contribution in [0.15, 0.2) is 146 Å². The second-order valence-corrected chi connectivity index (χ2v) is 27.5. The lowest BCUT2D eigenvalue weighted by molar-refractivity contribution is -0.152. The number of esters is 3. The summed E-state index contributed by atoms with van der Waals surface area (Å²) in [6.07, 6.45) is 26.7. The SMILES string of the molecule is CCCCCCCCC(=O)OC(COc1ccccc1CCc1ccc(OC)cc1)CN(C)C.CCCCCCCCC(=O)O[C@@H](COc1ccccc1CCc1ccc(OC)cc1)CN(C)C.CCCCCCCCC(=O)O[C@H](COc1ccccc1CCc1ccc(OC)cc1)CN(C)C. The fourth-order valence-electron chi connectivity index (χ4n) is 11.8. The van der Waals surface area contributed by atoms with Crippen LogP contribution in [0.2, 0.25) is 0 Å². The maximum atomic E-state index is 12.4. The number of hydrogen-bond donors (Lipinski definition) is 0. The molecule has 564 valence electrons. The molecule has 15 nitrogen and oxygen atoms in total. The largest absolute Gasteiger partial charge is 0.497 e. The van der Waals surface area contributed by atoms with E-state index in [1.54, 1.807) is 21.3 Å². The van der Waals surface area contributed by atoms with Gasteiger partial charge in [0.15, 0.2) is 0 Å². The van der Waals surface area contributed by atoms with E-state index in [9.17, 15) is 14.4 Å². The van der Waals surface area contributed by atoms with E-state index < -0.39 is 0 Å². The zero-order chi connectivity index (χ0) is 73.8. The van der Waals surface area contributed by atoms with Gasteiger partial charge in [-0.3, -0.25) is 14.4 Å². The first-order valence-electron chi connectivity index (χ1n) is 38.1. The second kappa shape index (κ2) is 54.1. The van der Waals surface area contributed by atoms with Crippen LogP contribution in [0.4, 0.5) is 0 Å². The first-order valence-corrected chi connectivity index (χ1v) is 38.1. The Balaban J connectivity index is 0.000000324. The Kier molecular flexibility index (Phi) is 46.1. The Morgan fingerprint density at radius 2 is 0.539 bits per heavy atom. The average molecular weight is 1410 g/mol. The smallest absolute Gasteiger partial charge is 0.306 e. The van der Waals surface area contributed by atoms with E-state index in [2.05, 4.69) is 75.4 Å². The Labute approximate surface area is 615 Å². The van der Waals surface area contributed by atoms with Gasteiger partial charge in [0.1, 0.15) is 72.6 Å². The molecule has 0 aliphatic rings. The molecule has 15 heteroatoms. The van der Waals surface area contributed by atoms with Gasteiger partial charge in [-0.05, 0) is 188 Å². The van der Waals surface area contributed by atoms with Crippen molar-refractivity contribution in [3.63, 3.8) is 0 Å². The summed E-state index contributed by atoms with van der Waals surface area (Å²) in [5, 5.41) is 0. The summed E-state index contributed by atoms with van der Waals surface area (Å²) in [5.41, 5.74) is 7.22. The van der Waals surface area contributed by atoms with Crippen LogP contribution in [0, 0.1) is 0 Å². The molecule has 0 fully saturated rings. The van der Waals surface area contributed by atoms with Crippen molar-refractivity contribution in [2.24, 2.45) is 0 Å². The zero-order valence-corrected chi connectivity index (χ0v) is 64.7. The van der Waals surface area contributed by atoms with Crippen molar-refractivity contribution in [1.29, 1.82) is 0 Å². The first-order chi connectivity index (χ1) is 49.5. The van der Waals surface area contributed by atoms with Crippen LogP contribution in [-0.4, -0.2) is 154 Å². The van der Waals surface area contributed by atoms with Crippen molar-refractivity contribution < 1.29 is 57.0 Å². The van der Waals surface area contributed by atoms with E-state index in [4.69, 9.17) is 42.6 Å². The average Bonchev–Trinajstić information content (AvgIpc) is 0.885. The predicted octanol–water partition coefficient (Wildman–Crippen LogP) is 18.2. The van der Waals surface area contributed by atoms with Gasteiger partial charge in [0.05, 0.1) is 21.3 Å². The fourth-order valence-corrected chi connectivity index (χ4v) is 11.8. The minimum absolute atomic E-state index is 0.126. The van der Waals surface area contributed by atoms with E-state index in [-0.39, 0.29) is 36.2 Å². The third-order valence-corrected chi connectivity index (χ3v) is 17.5. The number of likely N-dealkylation sites (N-methyl/N-ethyl adjacent to an activating group) is 3. The summed E-state index contributed by atoms with van der Waals surface area (Å²) < 4.78 is 51.6. The summed E-state index contributed by atoms with van der Waals surface area (Å²) >= 11 is 0. The van der Waals surface area contributed by atoms with E-state index in [1.807, 2.05) is 148 Å². The third kappa shape index (κ3) is 39.7. The van der Waals surface area contributed by atoms with Gasteiger partial charge in [0.25, 0.3) is 0 Å². The third-order valence-electron chi connectivity index (χ3n) is 17.5. The second-order valence-electron chi connectivity index (χ2n) is 27.5. The Bertz CT molecular complexity index is 2790. The molecule has 6 rings (SSSR count). The number of benzene rings is 6. The van der Waals surface area contributed by atoms with Crippen molar-refractivity contribution in [2.45, 2.75) is 212 Å². The summed E-state index contributed by atoms with van der Waals surface area (Å²) in [6.45, 7) is 9.58. The summed E-state index contributed by atoms with van der Waals surface area (Å²) in [4.78, 5) is 43.3. The van der Waals surface area contributed by atoms with Gasteiger partial charge >= 0.3 is 17.9 Å². The van der Waals surface area contributed by atoms with Crippen LogP contribution in [0.1, 0.15) is 189 Å². The number of carbonyl (C=O) groups is 3. The lowest BCUT2D eigenvalue weighted by Crippen LogP contribution is -2.35. The molecule has 0 bridgehead atoms. The topological polar surface area (TPSA) is 144 Å². The molecule has 0 radical (unpaired) electrons. The zero-order valence-electron chi connectivity index (χ0n) is 64.7. The molecular formula is C87H129N3O12. The van der Waals surface area contributed by atoms with Gasteiger partial charge in [-0.2, -0.15) is 0 Å². The van der Waals surface area contributed by atoms with Gasteiger partial charge in [-0.1, -0.05) is 208 Å². The predicted molar refractivity (Wildman–Crippen MR) is 416 cm³/mol. The van der Waals surface area contributed by atoms with Crippen LogP contribution in [-0.2, 0) is 67.1 Å². The first kappa shape index (κ1) is 86.8. The monoisotopic (exact) mass is 1410 g/mol. The highest BCUT2D eigenvalue weighted by molar-refractivity contribution is 5.70. The van der Waals surface area contributed by atoms with Crippen molar-refractivity contribution in [3.05, 3.63) is 179 Å². The maximum absolute atomic E-state index is 12.4. The van der Waals surface area contributed by atoms with Crippen LogP contribution < -0.4 is 28.4 Å². The summed E-state index contributed by atoms with van der Waals surface area (Å²) in [7, 11) is 16.9. The van der Waals surface area contributed by atoms with Gasteiger partial charge in [0.2, 0.25) is 0 Å². The van der Waals surface area contributed by atoms with Crippen molar-refractivity contribution in [3.8, 4) is 34.5 Å². The number of nitrogens with zero attached hydrogens (tertiary/aromatic N) is 3. The van der Waals surface area contributed by atoms with Crippen LogP contribution in [0.3, 0.4) is 0 Å². The molecule has 6 aromatic carbocycles. The molecule has 0 amide bonds. The Morgan fingerprint density at radius 1 is 0.304 bits per heavy atom. The van der Waals surface area contributed by atoms with Gasteiger partial charge in [0, 0.05) is 38.9 Å². The Morgan fingerprint density at radius 3 is 0.775 bits per heavy atom. The lowest BCUT2D eigenvalue weighted by atomic mass is 10.0. The number of aryl methyl sites for hydroxylation is 6. The molecule has 102 heavy (non-hydrogen) atoms. The van der Waals surface area contributed by atoms with E-state index >= 15 is 0 Å². The van der Waals surface area contributed by atoms with E-state index in [1.165, 1.54) is 93.7 Å². The molecule has 0 spiro atoms. The van der Waals surface area contributed by atoms with E-state index in [0.29, 0.717) is 58.7 Å². The minimum Gasteiger partial charge on any atom is -0.497 e. The van der Waals surface area contributed by atoms with Gasteiger partial charge in [-0.15, -0.1) is 0 Å². The molecule has 3 atom stereocenters. The molecule has 0 aliphatic heterocycles. The molecule has 6 aromatic rings. The number of unbranched alkanes of at least 4 members (excludes halogenated alkanes) is 15. The Hall–Kier alpha value is -7.59. The quantitative estimate of drug-likeness (QED) is 0.0203. The number of carbonyl (C=O) groups excluding carboxylic acids is 3. The van der Waals surface area contributed by atoms with Crippen molar-refractivity contribution in [2.75, 3.05) is 103 Å². The molecule has 0 saturated carbocycles. The van der Waals surface area contributed by atoms with E-state index in [0.717, 1.165) is 128 Å². The van der Waals surface area contributed by atoms with Gasteiger partial charge in [-0.25, -0.2) is 0 Å². The minimum atomic E-state index is -0.294. The standard InChI is InChI=1S/3C29H43NO4/c3*1-5-6-7-8-9-10-15-29(31)34-27(22-30(2)3)23-33-28-14-12-11-13-25(28)19-16-24-17-20-26(32-4)21-18-24/h3*11-14,17-18,20-21,27H,5-10,15-16,19,22-23H2,1-4H3/t2*27-;/m10./s1. The maximum Gasteiger partial charge on any atom is 0.306 e. The number of rotatable bonds is 51. The number of ether oxygens (including phenoxy) is 9. The summed E-state index contributed by atoms with van der Waals surface area (Å²) in [6, 6.07) is 48.9. The fraction of sp³-hybridized carbons (Fsp3) is 0.552. The molecule has 0 N–H and O–H groups in total. The van der Waals surface area contributed by atoms with Gasteiger partial charge < -0.3 is 57.3 Å². The lowest BCUT2D eigenvalue weighted by Gasteiger charge is -2.22. The van der Waals surface area contributed by atoms with Crippen LogP contribution in [0.5, 0.6) is 34.5 Å². The van der Waals surface area contributed by atoms with Crippen molar-refractivity contribution in [1.82, 2.24) is 14.7 Å². The number of hydrogen-bond acceptors (Lipinski definition) is 15. The highest BCUT2D eigenvalue weighted by atomic mass is 16.6. The highest BCUT2D eigenvalue weighted by Crippen LogP contribution is 2.26. The van der Waals surface area contributed by atoms with Crippen LogP contribution in [0.25, 0.3) is 0 Å². The molecule has 0 saturated heterocycles. The normalized spacial score (nSPS) is 11.9. The highest BCUT2D eigenvalue weighted by Gasteiger charge is 2.21. The molecule has 0 aliphatic carbocycles.